The van der Waals surface area contributed by atoms with Crippen LogP contribution in [-0.2, 0) is 6.54 Å². The van der Waals surface area contributed by atoms with E-state index in [1.807, 2.05) is 31.2 Å². The van der Waals surface area contributed by atoms with Crippen LogP contribution in [0.5, 0.6) is 5.75 Å². The van der Waals surface area contributed by atoms with Gasteiger partial charge in [0.05, 0.1) is 12.2 Å². The molecule has 0 saturated carbocycles. The van der Waals surface area contributed by atoms with Crippen molar-refractivity contribution in [3.8, 4) is 5.75 Å². The minimum Gasteiger partial charge on any atom is -0.493 e. The molecule has 2 aromatic carbocycles. The summed E-state index contributed by atoms with van der Waals surface area (Å²) in [4.78, 5) is 17.0. The molecule has 2 aromatic rings. The minimum atomic E-state index is 0.139. The topological polar surface area (TPSA) is 32.8 Å². The summed E-state index contributed by atoms with van der Waals surface area (Å²) >= 11 is 0. The predicted molar refractivity (Wildman–Crippen MR) is 109 cm³/mol. The lowest BCUT2D eigenvalue weighted by atomic mass is 10.1. The second-order valence-corrected chi connectivity index (χ2v) is 7.08. The molecule has 0 N–H and O–H groups in total. The molecule has 1 aliphatic rings. The third-order valence-corrected chi connectivity index (χ3v) is 5.10. The summed E-state index contributed by atoms with van der Waals surface area (Å²) in [5, 5.41) is 0. The fourth-order valence-corrected chi connectivity index (χ4v) is 3.50. The highest BCUT2D eigenvalue weighted by Crippen LogP contribution is 2.20. The zero-order valence-electron chi connectivity index (χ0n) is 16.3. The van der Waals surface area contributed by atoms with Crippen LogP contribution < -0.4 is 4.74 Å². The number of rotatable bonds is 9. The van der Waals surface area contributed by atoms with Crippen LogP contribution >= 0.6 is 0 Å². The van der Waals surface area contributed by atoms with E-state index in [4.69, 9.17) is 4.74 Å². The second-order valence-electron chi connectivity index (χ2n) is 7.08. The van der Waals surface area contributed by atoms with Gasteiger partial charge in [0.1, 0.15) is 5.75 Å². The van der Waals surface area contributed by atoms with Crippen LogP contribution in [0.15, 0.2) is 54.6 Å². The first-order chi connectivity index (χ1) is 13.3. The van der Waals surface area contributed by atoms with Gasteiger partial charge in [-0.05, 0) is 24.1 Å². The Morgan fingerprint density at radius 1 is 0.926 bits per heavy atom. The zero-order chi connectivity index (χ0) is 18.9. The number of hydrogen-bond acceptors (Lipinski definition) is 4. The second kappa shape index (κ2) is 10.2. The number of carbonyl (C=O) groups excluding carboxylic acids is 1. The highest BCUT2D eigenvalue weighted by atomic mass is 16.5. The fourth-order valence-electron chi connectivity index (χ4n) is 3.50. The van der Waals surface area contributed by atoms with Crippen molar-refractivity contribution in [3.63, 3.8) is 0 Å². The van der Waals surface area contributed by atoms with Gasteiger partial charge in [-0.25, -0.2) is 0 Å². The molecular weight excluding hydrogens is 336 g/mol. The Kier molecular flexibility index (Phi) is 7.43. The lowest BCUT2D eigenvalue weighted by Gasteiger charge is -2.34. The summed E-state index contributed by atoms with van der Waals surface area (Å²) in [7, 11) is 0. The van der Waals surface area contributed by atoms with Crippen LogP contribution in [0, 0.1) is 0 Å². The van der Waals surface area contributed by atoms with E-state index in [1.54, 1.807) is 0 Å². The molecule has 1 saturated heterocycles. The van der Waals surface area contributed by atoms with Gasteiger partial charge in [-0.3, -0.25) is 9.69 Å². The van der Waals surface area contributed by atoms with Gasteiger partial charge in [0.2, 0.25) is 0 Å². The maximum Gasteiger partial charge on any atom is 0.166 e. The largest absolute Gasteiger partial charge is 0.493 e. The van der Waals surface area contributed by atoms with Gasteiger partial charge in [0, 0.05) is 45.7 Å². The molecule has 0 unspecified atom stereocenters. The molecule has 1 fully saturated rings. The molecule has 144 valence electrons. The molecule has 0 spiro atoms. The third-order valence-electron chi connectivity index (χ3n) is 5.10. The first kappa shape index (κ1) is 19.6. The molecule has 27 heavy (non-hydrogen) atoms. The number of nitrogens with zero attached hydrogens (tertiary/aromatic N) is 2. The SMILES string of the molecule is CCC(=O)c1ccccc1OCCCN1CCN(Cc2ccccc2)CC1. The maximum atomic E-state index is 12.0. The number of para-hydroxylation sites is 1. The first-order valence-electron chi connectivity index (χ1n) is 10.00. The zero-order valence-corrected chi connectivity index (χ0v) is 16.3. The number of ether oxygens (including phenoxy) is 1. The molecule has 1 heterocycles. The van der Waals surface area contributed by atoms with E-state index < -0.39 is 0 Å². The Morgan fingerprint density at radius 3 is 2.33 bits per heavy atom. The molecule has 4 nitrogen and oxygen atoms in total. The van der Waals surface area contributed by atoms with Gasteiger partial charge < -0.3 is 9.64 Å². The fraction of sp³-hybridized carbons (Fsp3) is 0.435. The lowest BCUT2D eigenvalue weighted by Crippen LogP contribution is -2.46. The summed E-state index contributed by atoms with van der Waals surface area (Å²) in [5.74, 6) is 0.858. The standard InChI is InChI=1S/C23H30N2O2/c1-2-22(26)21-11-6-7-12-23(21)27-18-8-13-24-14-16-25(17-15-24)19-20-9-4-3-5-10-20/h3-7,9-12H,2,8,13-19H2,1H3. The molecule has 0 aliphatic carbocycles. The van der Waals surface area contributed by atoms with Crippen LogP contribution in [0.25, 0.3) is 0 Å². The molecule has 0 radical (unpaired) electrons. The van der Waals surface area contributed by atoms with Crippen LogP contribution in [0.1, 0.15) is 35.7 Å². The monoisotopic (exact) mass is 366 g/mol. The van der Waals surface area contributed by atoms with Crippen LogP contribution in [0.2, 0.25) is 0 Å². The quantitative estimate of drug-likeness (QED) is 0.498. The summed E-state index contributed by atoms with van der Waals surface area (Å²) in [6.45, 7) is 9.07. The van der Waals surface area contributed by atoms with Crippen molar-refractivity contribution in [2.24, 2.45) is 0 Å². The number of ketones is 1. The van der Waals surface area contributed by atoms with Crippen molar-refractivity contribution in [2.75, 3.05) is 39.3 Å². The molecule has 0 bridgehead atoms. The average molecular weight is 367 g/mol. The Hall–Kier alpha value is -2.17. The number of piperazine rings is 1. The van der Waals surface area contributed by atoms with Crippen molar-refractivity contribution in [1.82, 2.24) is 9.80 Å². The Bertz CT molecular complexity index is 709. The highest BCUT2D eigenvalue weighted by Gasteiger charge is 2.16. The van der Waals surface area contributed by atoms with Crippen molar-refractivity contribution < 1.29 is 9.53 Å². The number of Topliss-reactive ketones (excluding diaryl/α,β-unsaturated/α-hetero) is 1. The molecular formula is C23H30N2O2. The number of hydrogen-bond donors (Lipinski definition) is 0. The summed E-state index contributed by atoms with van der Waals surface area (Å²) in [5.41, 5.74) is 2.09. The summed E-state index contributed by atoms with van der Waals surface area (Å²) < 4.78 is 5.89. The molecule has 1 aliphatic heterocycles. The molecule has 0 aromatic heterocycles. The van der Waals surface area contributed by atoms with E-state index in [2.05, 4.69) is 40.1 Å². The smallest absolute Gasteiger partial charge is 0.166 e. The predicted octanol–water partition coefficient (Wildman–Crippen LogP) is 3.87. The summed E-state index contributed by atoms with van der Waals surface area (Å²) in [6, 6.07) is 18.3. The molecule has 3 rings (SSSR count). The van der Waals surface area contributed by atoms with E-state index in [0.717, 1.165) is 51.4 Å². The molecule has 0 atom stereocenters. The van der Waals surface area contributed by atoms with Gasteiger partial charge in [-0.15, -0.1) is 0 Å². The Balaban J connectivity index is 1.36. The first-order valence-corrected chi connectivity index (χ1v) is 10.00. The van der Waals surface area contributed by atoms with Gasteiger partial charge in [0.25, 0.3) is 0 Å². The van der Waals surface area contributed by atoms with E-state index >= 15 is 0 Å². The lowest BCUT2D eigenvalue weighted by molar-refractivity contribution is 0.0983. The van der Waals surface area contributed by atoms with Gasteiger partial charge in [0.15, 0.2) is 5.78 Å². The van der Waals surface area contributed by atoms with Gasteiger partial charge in [-0.2, -0.15) is 0 Å². The van der Waals surface area contributed by atoms with E-state index in [-0.39, 0.29) is 5.78 Å². The van der Waals surface area contributed by atoms with Crippen molar-refractivity contribution in [1.29, 1.82) is 0 Å². The number of carbonyl (C=O) groups is 1. The van der Waals surface area contributed by atoms with Crippen molar-refractivity contribution >= 4 is 5.78 Å². The van der Waals surface area contributed by atoms with E-state index in [1.165, 1.54) is 5.56 Å². The molecule has 4 heteroatoms. The number of benzene rings is 2. The Morgan fingerprint density at radius 2 is 1.59 bits per heavy atom. The van der Waals surface area contributed by atoms with Gasteiger partial charge in [-0.1, -0.05) is 49.4 Å². The van der Waals surface area contributed by atoms with E-state index in [0.29, 0.717) is 18.6 Å². The minimum absolute atomic E-state index is 0.139. The van der Waals surface area contributed by atoms with Crippen LogP contribution in [0.4, 0.5) is 0 Å². The van der Waals surface area contributed by atoms with Crippen molar-refractivity contribution in [2.45, 2.75) is 26.3 Å². The van der Waals surface area contributed by atoms with Crippen LogP contribution in [-0.4, -0.2) is 54.9 Å². The highest BCUT2D eigenvalue weighted by molar-refractivity contribution is 5.98. The van der Waals surface area contributed by atoms with Crippen molar-refractivity contribution in [3.05, 3.63) is 65.7 Å². The van der Waals surface area contributed by atoms with Crippen LogP contribution in [0.3, 0.4) is 0 Å². The molecule has 0 amide bonds. The van der Waals surface area contributed by atoms with Gasteiger partial charge >= 0.3 is 0 Å². The average Bonchev–Trinajstić information content (AvgIpc) is 2.73. The Labute approximate surface area is 162 Å². The third kappa shape index (κ3) is 5.91. The maximum absolute atomic E-state index is 12.0. The normalized spacial score (nSPS) is 15.6. The summed E-state index contributed by atoms with van der Waals surface area (Å²) in [6.07, 6.45) is 1.49. The van der Waals surface area contributed by atoms with E-state index in [9.17, 15) is 4.79 Å².